The van der Waals surface area contributed by atoms with Crippen molar-refractivity contribution in [3.05, 3.63) is 29.8 Å². The molecule has 0 bridgehead atoms. The monoisotopic (exact) mass is 311 g/mol. The van der Waals surface area contributed by atoms with Crippen LogP contribution in [0.4, 0.5) is 0 Å². The molecule has 118 valence electrons. The van der Waals surface area contributed by atoms with E-state index in [0.29, 0.717) is 18.0 Å². The van der Waals surface area contributed by atoms with E-state index < -0.39 is 10.0 Å². The van der Waals surface area contributed by atoms with Gasteiger partial charge in [0.05, 0.1) is 4.90 Å². The number of sulfonamides is 1. The Balaban J connectivity index is 2.20. The minimum absolute atomic E-state index is 0.114. The Kier molecular flexibility index (Phi) is 5.37. The molecule has 1 unspecified atom stereocenters. The summed E-state index contributed by atoms with van der Waals surface area (Å²) < 4.78 is 27.0. The van der Waals surface area contributed by atoms with Crippen molar-refractivity contribution in [1.82, 2.24) is 9.21 Å². The van der Waals surface area contributed by atoms with Gasteiger partial charge in [0.15, 0.2) is 0 Å². The highest BCUT2D eigenvalue weighted by Crippen LogP contribution is 2.22. The molecule has 0 amide bonds. The van der Waals surface area contributed by atoms with Crippen LogP contribution in [-0.4, -0.2) is 50.3 Å². The van der Waals surface area contributed by atoms with E-state index in [9.17, 15) is 8.42 Å². The van der Waals surface area contributed by atoms with Crippen molar-refractivity contribution in [3.63, 3.8) is 0 Å². The van der Waals surface area contributed by atoms with Crippen LogP contribution in [0.1, 0.15) is 31.9 Å². The van der Waals surface area contributed by atoms with Crippen molar-refractivity contribution in [2.45, 2.75) is 31.2 Å². The molecule has 21 heavy (non-hydrogen) atoms. The van der Waals surface area contributed by atoms with Gasteiger partial charge in [0, 0.05) is 32.2 Å². The highest BCUT2D eigenvalue weighted by Gasteiger charge is 2.28. The number of hydrogen-bond donors (Lipinski definition) is 1. The lowest BCUT2D eigenvalue weighted by molar-refractivity contribution is 0.196. The first-order chi connectivity index (χ1) is 9.98. The fraction of sp³-hybridized carbons (Fsp3) is 0.600. The Morgan fingerprint density at radius 3 is 2.43 bits per heavy atom. The summed E-state index contributed by atoms with van der Waals surface area (Å²) in [6, 6.07) is 6.93. The minimum Gasteiger partial charge on any atom is -0.324 e. The standard InChI is InChI=1S/C15H25N3O2S/c1-3-15(16)13-6-5-7-14(12-13)21(19,20)18-10-8-17(4-2)9-11-18/h5-7,12,15H,3-4,8-11,16H2,1-2H3. The average Bonchev–Trinajstić information content (AvgIpc) is 2.54. The molecule has 6 heteroatoms. The molecule has 1 saturated heterocycles. The summed E-state index contributed by atoms with van der Waals surface area (Å²) in [5, 5.41) is 0. The van der Waals surface area contributed by atoms with E-state index in [0.717, 1.165) is 31.6 Å². The van der Waals surface area contributed by atoms with Crippen LogP contribution in [0.3, 0.4) is 0 Å². The zero-order valence-electron chi connectivity index (χ0n) is 12.8. The first kappa shape index (κ1) is 16.4. The molecule has 1 atom stereocenters. The molecule has 1 fully saturated rings. The van der Waals surface area contributed by atoms with E-state index in [1.165, 1.54) is 0 Å². The molecule has 1 aromatic rings. The van der Waals surface area contributed by atoms with Gasteiger partial charge >= 0.3 is 0 Å². The molecule has 1 aromatic carbocycles. The number of nitrogens with zero attached hydrogens (tertiary/aromatic N) is 2. The number of piperazine rings is 1. The molecule has 0 aromatic heterocycles. The van der Waals surface area contributed by atoms with Gasteiger partial charge in [0.25, 0.3) is 0 Å². The molecule has 1 aliphatic heterocycles. The lowest BCUT2D eigenvalue weighted by Gasteiger charge is -2.33. The summed E-state index contributed by atoms with van der Waals surface area (Å²) in [6.45, 7) is 7.76. The van der Waals surface area contributed by atoms with Gasteiger partial charge in [0.1, 0.15) is 0 Å². The van der Waals surface area contributed by atoms with E-state index in [2.05, 4.69) is 11.8 Å². The summed E-state index contributed by atoms with van der Waals surface area (Å²) in [5.41, 5.74) is 6.89. The van der Waals surface area contributed by atoms with Crippen LogP contribution in [0.15, 0.2) is 29.2 Å². The second-order valence-corrected chi connectivity index (χ2v) is 7.36. The van der Waals surface area contributed by atoms with Crippen LogP contribution in [0, 0.1) is 0 Å². The maximum absolute atomic E-state index is 12.7. The zero-order chi connectivity index (χ0) is 15.5. The molecule has 0 saturated carbocycles. The third-order valence-electron chi connectivity index (χ3n) is 4.14. The second kappa shape index (κ2) is 6.87. The quantitative estimate of drug-likeness (QED) is 0.893. The fourth-order valence-corrected chi connectivity index (χ4v) is 4.05. The van der Waals surface area contributed by atoms with Gasteiger partial charge in [-0.25, -0.2) is 8.42 Å². The van der Waals surface area contributed by atoms with Gasteiger partial charge in [0.2, 0.25) is 10.0 Å². The Hall–Kier alpha value is -0.950. The van der Waals surface area contributed by atoms with Gasteiger partial charge in [-0.2, -0.15) is 4.31 Å². The molecule has 2 N–H and O–H groups in total. The number of hydrogen-bond acceptors (Lipinski definition) is 4. The van der Waals surface area contributed by atoms with Crippen LogP contribution >= 0.6 is 0 Å². The summed E-state index contributed by atoms with van der Waals surface area (Å²) in [6.07, 6.45) is 0.790. The normalized spacial score (nSPS) is 19.6. The first-order valence-electron chi connectivity index (χ1n) is 7.57. The second-order valence-electron chi connectivity index (χ2n) is 5.43. The molecule has 0 spiro atoms. The topological polar surface area (TPSA) is 66.6 Å². The summed E-state index contributed by atoms with van der Waals surface area (Å²) in [5.74, 6) is 0. The lowest BCUT2D eigenvalue weighted by Crippen LogP contribution is -2.48. The number of benzene rings is 1. The smallest absolute Gasteiger partial charge is 0.243 e. The summed E-state index contributed by atoms with van der Waals surface area (Å²) in [7, 11) is -3.41. The van der Waals surface area contributed by atoms with Crippen LogP contribution in [-0.2, 0) is 10.0 Å². The summed E-state index contributed by atoms with van der Waals surface area (Å²) in [4.78, 5) is 2.61. The maximum Gasteiger partial charge on any atom is 0.243 e. The van der Waals surface area contributed by atoms with Gasteiger partial charge in [-0.15, -0.1) is 0 Å². The van der Waals surface area contributed by atoms with Crippen molar-refractivity contribution in [3.8, 4) is 0 Å². The maximum atomic E-state index is 12.7. The van der Waals surface area contributed by atoms with Crippen molar-refractivity contribution < 1.29 is 8.42 Å². The van der Waals surface area contributed by atoms with Crippen LogP contribution < -0.4 is 5.73 Å². The predicted molar refractivity (Wildman–Crippen MR) is 84.5 cm³/mol. The molecular weight excluding hydrogens is 286 g/mol. The largest absolute Gasteiger partial charge is 0.324 e. The Morgan fingerprint density at radius 2 is 1.86 bits per heavy atom. The lowest BCUT2D eigenvalue weighted by atomic mass is 10.1. The molecule has 1 aliphatic rings. The molecule has 1 heterocycles. The molecule has 5 nitrogen and oxygen atoms in total. The highest BCUT2D eigenvalue weighted by molar-refractivity contribution is 7.89. The molecular formula is C15H25N3O2S. The van der Waals surface area contributed by atoms with Gasteiger partial charge in [-0.3, -0.25) is 0 Å². The van der Waals surface area contributed by atoms with E-state index in [-0.39, 0.29) is 6.04 Å². The van der Waals surface area contributed by atoms with E-state index in [1.807, 2.05) is 13.0 Å². The molecule has 0 radical (unpaired) electrons. The Morgan fingerprint density at radius 1 is 1.19 bits per heavy atom. The fourth-order valence-electron chi connectivity index (χ4n) is 2.58. The van der Waals surface area contributed by atoms with E-state index >= 15 is 0 Å². The van der Waals surface area contributed by atoms with Crippen LogP contribution in [0.5, 0.6) is 0 Å². The van der Waals surface area contributed by atoms with Crippen molar-refractivity contribution >= 4 is 10.0 Å². The third kappa shape index (κ3) is 3.63. The Labute approximate surface area is 127 Å². The van der Waals surface area contributed by atoms with Crippen LogP contribution in [0.2, 0.25) is 0 Å². The summed E-state index contributed by atoms with van der Waals surface area (Å²) >= 11 is 0. The van der Waals surface area contributed by atoms with Gasteiger partial charge in [-0.1, -0.05) is 26.0 Å². The van der Waals surface area contributed by atoms with Crippen molar-refractivity contribution in [2.24, 2.45) is 5.73 Å². The average molecular weight is 311 g/mol. The number of likely N-dealkylation sites (N-methyl/N-ethyl adjacent to an activating group) is 1. The van der Waals surface area contributed by atoms with Crippen LogP contribution in [0.25, 0.3) is 0 Å². The number of nitrogens with two attached hydrogens (primary N) is 1. The van der Waals surface area contributed by atoms with Gasteiger partial charge in [-0.05, 0) is 30.7 Å². The Bertz CT molecular complexity index is 566. The third-order valence-corrected chi connectivity index (χ3v) is 6.04. The molecule has 0 aliphatic carbocycles. The van der Waals surface area contributed by atoms with Crippen molar-refractivity contribution in [1.29, 1.82) is 0 Å². The first-order valence-corrected chi connectivity index (χ1v) is 9.01. The molecule has 2 rings (SSSR count). The van der Waals surface area contributed by atoms with E-state index in [4.69, 9.17) is 5.73 Å². The predicted octanol–water partition coefficient (Wildman–Crippen LogP) is 1.42. The van der Waals surface area contributed by atoms with E-state index in [1.54, 1.807) is 22.5 Å². The zero-order valence-corrected chi connectivity index (χ0v) is 13.6. The SMILES string of the molecule is CCC(N)c1cccc(S(=O)(=O)N2CCN(CC)CC2)c1. The van der Waals surface area contributed by atoms with Gasteiger partial charge < -0.3 is 10.6 Å². The highest BCUT2D eigenvalue weighted by atomic mass is 32.2. The van der Waals surface area contributed by atoms with Crippen molar-refractivity contribution in [2.75, 3.05) is 32.7 Å². The minimum atomic E-state index is -3.41. The number of rotatable bonds is 5.